The van der Waals surface area contributed by atoms with Crippen LogP contribution in [-0.4, -0.2) is 37.2 Å². The number of rotatable bonds is 51. The Morgan fingerprint density at radius 1 is 0.302 bits per heavy atom. The minimum atomic E-state index is -0.771. The van der Waals surface area contributed by atoms with Crippen molar-refractivity contribution in [3.05, 3.63) is 24.3 Å². The number of ether oxygens (including phenoxy) is 3. The van der Waals surface area contributed by atoms with Gasteiger partial charge in [-0.05, 0) is 64.2 Å². The van der Waals surface area contributed by atoms with E-state index < -0.39 is 6.10 Å². The van der Waals surface area contributed by atoms with Gasteiger partial charge in [0.05, 0.1) is 0 Å². The molecule has 6 nitrogen and oxygen atoms in total. The molecule has 0 amide bonds. The number of hydrogen-bond donors (Lipinski definition) is 0. The van der Waals surface area contributed by atoms with Crippen LogP contribution in [0.4, 0.5) is 0 Å². The normalized spacial score (nSPS) is 12.1. The van der Waals surface area contributed by atoms with Crippen molar-refractivity contribution in [2.45, 2.75) is 309 Å². The third-order valence-electron chi connectivity index (χ3n) is 12.4. The monoisotopic (exact) mass is 887 g/mol. The SMILES string of the molecule is CCCC/C=C\CCCCCCCC(=O)OC[C@@H](COC(=O)CCCCCCCCC/C=C\CCCCCC)OC(=O)CCCCCCCCCCCCCCCCCCCCC. The Hall–Kier alpha value is -2.11. The van der Waals surface area contributed by atoms with Gasteiger partial charge in [0.15, 0.2) is 6.10 Å². The van der Waals surface area contributed by atoms with Crippen LogP contribution in [0.15, 0.2) is 24.3 Å². The first kappa shape index (κ1) is 60.9. The molecule has 370 valence electrons. The summed E-state index contributed by atoms with van der Waals surface area (Å²) >= 11 is 0. The second-order valence-corrected chi connectivity index (χ2v) is 18.8. The summed E-state index contributed by atoms with van der Waals surface area (Å²) in [5.41, 5.74) is 0. The molecule has 0 aliphatic rings. The average molecular weight is 887 g/mol. The van der Waals surface area contributed by atoms with Crippen LogP contribution in [0.2, 0.25) is 0 Å². The van der Waals surface area contributed by atoms with E-state index in [0.29, 0.717) is 19.3 Å². The molecule has 0 rings (SSSR count). The van der Waals surface area contributed by atoms with Gasteiger partial charge in [-0.3, -0.25) is 14.4 Å². The molecule has 0 aliphatic carbocycles. The van der Waals surface area contributed by atoms with Crippen LogP contribution in [0, 0.1) is 0 Å². The van der Waals surface area contributed by atoms with E-state index in [0.717, 1.165) is 64.2 Å². The number of esters is 3. The first-order valence-corrected chi connectivity index (χ1v) is 27.8. The smallest absolute Gasteiger partial charge is 0.306 e. The van der Waals surface area contributed by atoms with E-state index in [1.165, 1.54) is 199 Å². The molecule has 6 heteroatoms. The largest absolute Gasteiger partial charge is 0.462 e. The Morgan fingerprint density at radius 3 is 0.857 bits per heavy atom. The molecular formula is C57H106O6. The van der Waals surface area contributed by atoms with Crippen molar-refractivity contribution >= 4 is 17.9 Å². The van der Waals surface area contributed by atoms with Crippen molar-refractivity contribution < 1.29 is 28.6 Å². The lowest BCUT2D eigenvalue weighted by Gasteiger charge is -2.18. The van der Waals surface area contributed by atoms with Crippen molar-refractivity contribution in [3.63, 3.8) is 0 Å². The van der Waals surface area contributed by atoms with E-state index in [-0.39, 0.29) is 31.1 Å². The number of unbranched alkanes of at least 4 members (excludes halogenated alkanes) is 36. The molecule has 0 spiro atoms. The van der Waals surface area contributed by atoms with Crippen LogP contribution in [0.5, 0.6) is 0 Å². The molecule has 0 saturated heterocycles. The first-order valence-electron chi connectivity index (χ1n) is 27.8. The van der Waals surface area contributed by atoms with Gasteiger partial charge in [0.2, 0.25) is 0 Å². The van der Waals surface area contributed by atoms with Gasteiger partial charge < -0.3 is 14.2 Å². The zero-order valence-corrected chi connectivity index (χ0v) is 42.4. The van der Waals surface area contributed by atoms with Gasteiger partial charge in [-0.1, -0.05) is 244 Å². The van der Waals surface area contributed by atoms with E-state index in [1.807, 2.05) is 0 Å². The molecule has 0 radical (unpaired) electrons. The van der Waals surface area contributed by atoms with Gasteiger partial charge in [0.1, 0.15) is 13.2 Å². The van der Waals surface area contributed by atoms with E-state index in [1.54, 1.807) is 0 Å². The predicted molar refractivity (Wildman–Crippen MR) is 270 cm³/mol. The second-order valence-electron chi connectivity index (χ2n) is 18.8. The number of hydrogen-bond acceptors (Lipinski definition) is 6. The second kappa shape index (κ2) is 52.5. The molecule has 0 unspecified atom stereocenters. The summed E-state index contributed by atoms with van der Waals surface area (Å²) in [5.74, 6) is -0.869. The molecule has 0 fully saturated rings. The molecule has 0 N–H and O–H groups in total. The maximum Gasteiger partial charge on any atom is 0.306 e. The maximum atomic E-state index is 12.8. The fourth-order valence-electron chi connectivity index (χ4n) is 8.18. The number of carbonyl (C=O) groups is 3. The summed E-state index contributed by atoms with van der Waals surface area (Å²) in [6, 6.07) is 0. The highest BCUT2D eigenvalue weighted by atomic mass is 16.6. The Kier molecular flexibility index (Phi) is 50.8. The van der Waals surface area contributed by atoms with Crippen molar-refractivity contribution in [3.8, 4) is 0 Å². The summed E-state index contributed by atoms with van der Waals surface area (Å²) in [6.07, 6.45) is 60.2. The molecule has 0 aliphatic heterocycles. The van der Waals surface area contributed by atoms with Gasteiger partial charge >= 0.3 is 17.9 Å². The van der Waals surface area contributed by atoms with E-state index in [4.69, 9.17) is 14.2 Å². The predicted octanol–water partition coefficient (Wildman–Crippen LogP) is 18.3. The van der Waals surface area contributed by atoms with Crippen LogP contribution < -0.4 is 0 Å². The summed E-state index contributed by atoms with van der Waals surface area (Å²) in [6.45, 7) is 6.62. The zero-order chi connectivity index (χ0) is 45.8. The van der Waals surface area contributed by atoms with Crippen molar-refractivity contribution in [1.82, 2.24) is 0 Å². The van der Waals surface area contributed by atoms with E-state index >= 15 is 0 Å². The average Bonchev–Trinajstić information content (AvgIpc) is 3.28. The van der Waals surface area contributed by atoms with Gasteiger partial charge in [0.25, 0.3) is 0 Å². The van der Waals surface area contributed by atoms with Crippen molar-refractivity contribution in [2.24, 2.45) is 0 Å². The third kappa shape index (κ3) is 50.7. The quantitative estimate of drug-likeness (QED) is 0.0262. The Bertz CT molecular complexity index is 1020. The number of allylic oxidation sites excluding steroid dienone is 4. The fraction of sp³-hybridized carbons (Fsp3) is 0.877. The van der Waals surface area contributed by atoms with Crippen LogP contribution in [0.1, 0.15) is 303 Å². The maximum absolute atomic E-state index is 12.8. The Morgan fingerprint density at radius 2 is 0.540 bits per heavy atom. The molecule has 0 heterocycles. The van der Waals surface area contributed by atoms with Crippen LogP contribution in [0.25, 0.3) is 0 Å². The minimum Gasteiger partial charge on any atom is -0.462 e. The zero-order valence-electron chi connectivity index (χ0n) is 42.4. The van der Waals surface area contributed by atoms with Crippen LogP contribution >= 0.6 is 0 Å². The van der Waals surface area contributed by atoms with Gasteiger partial charge in [-0.25, -0.2) is 0 Å². The molecule has 1 atom stereocenters. The third-order valence-corrected chi connectivity index (χ3v) is 12.4. The highest BCUT2D eigenvalue weighted by molar-refractivity contribution is 5.71. The molecule has 0 aromatic rings. The Balaban J connectivity index is 4.29. The molecule has 0 aromatic heterocycles. The molecule has 0 aromatic carbocycles. The summed E-state index contributed by atoms with van der Waals surface area (Å²) in [4.78, 5) is 38.0. The van der Waals surface area contributed by atoms with E-state index in [2.05, 4.69) is 45.1 Å². The summed E-state index contributed by atoms with van der Waals surface area (Å²) in [5, 5.41) is 0. The van der Waals surface area contributed by atoms with Crippen molar-refractivity contribution in [2.75, 3.05) is 13.2 Å². The standard InChI is InChI=1S/C57H106O6/c1-4-7-10-13-16-19-22-24-26-27-28-29-31-33-36-39-42-45-48-51-57(60)63-54(52-61-55(58)49-46-43-40-37-34-21-18-15-12-9-6-3)53-62-56(59)50-47-44-41-38-35-32-30-25-23-20-17-14-11-8-5-2/h15,18,20,23,54H,4-14,16-17,19,21-22,24-53H2,1-3H3/b18-15-,23-20-/t54-/m0/s1. The first-order chi connectivity index (χ1) is 31.0. The Labute approximate surface area is 392 Å². The molecule has 0 saturated carbocycles. The number of carbonyl (C=O) groups excluding carboxylic acids is 3. The molecule has 0 bridgehead atoms. The lowest BCUT2D eigenvalue weighted by atomic mass is 10.0. The molecular weight excluding hydrogens is 781 g/mol. The van der Waals surface area contributed by atoms with Crippen molar-refractivity contribution in [1.29, 1.82) is 0 Å². The van der Waals surface area contributed by atoms with Crippen LogP contribution in [0.3, 0.4) is 0 Å². The lowest BCUT2D eigenvalue weighted by molar-refractivity contribution is -0.167. The van der Waals surface area contributed by atoms with Crippen LogP contribution in [-0.2, 0) is 28.6 Å². The highest BCUT2D eigenvalue weighted by Gasteiger charge is 2.19. The lowest BCUT2D eigenvalue weighted by Crippen LogP contribution is -2.30. The minimum absolute atomic E-state index is 0.0723. The topological polar surface area (TPSA) is 78.9 Å². The van der Waals surface area contributed by atoms with Gasteiger partial charge in [-0.15, -0.1) is 0 Å². The fourth-order valence-corrected chi connectivity index (χ4v) is 8.18. The van der Waals surface area contributed by atoms with Gasteiger partial charge in [0, 0.05) is 19.3 Å². The summed E-state index contributed by atoms with van der Waals surface area (Å²) in [7, 11) is 0. The van der Waals surface area contributed by atoms with E-state index in [9.17, 15) is 14.4 Å². The molecule has 63 heavy (non-hydrogen) atoms. The van der Waals surface area contributed by atoms with Gasteiger partial charge in [-0.2, -0.15) is 0 Å². The summed E-state index contributed by atoms with van der Waals surface area (Å²) < 4.78 is 16.8. The highest BCUT2D eigenvalue weighted by Crippen LogP contribution is 2.17.